The van der Waals surface area contributed by atoms with Crippen LogP contribution < -0.4 is 4.74 Å². The predicted molar refractivity (Wildman–Crippen MR) is 110 cm³/mol. The van der Waals surface area contributed by atoms with Gasteiger partial charge in [-0.1, -0.05) is 18.7 Å². The van der Waals surface area contributed by atoms with Crippen LogP contribution in [-0.4, -0.2) is 72.5 Å². The number of benzene rings is 1. The molecule has 0 aromatic heterocycles. The Hall–Kier alpha value is -2.98. The summed E-state index contributed by atoms with van der Waals surface area (Å²) >= 11 is 0. The summed E-state index contributed by atoms with van der Waals surface area (Å²) < 4.78 is 21.2. The summed E-state index contributed by atoms with van der Waals surface area (Å²) in [5, 5.41) is 28.2. The number of ether oxygens (including phenoxy) is 4. The van der Waals surface area contributed by atoms with Gasteiger partial charge in [-0.3, -0.25) is 4.79 Å². The van der Waals surface area contributed by atoms with Gasteiger partial charge in [-0.2, -0.15) is 0 Å². The van der Waals surface area contributed by atoms with E-state index in [1.165, 1.54) is 24.3 Å². The molecule has 168 valence electrons. The highest BCUT2D eigenvalue weighted by Crippen LogP contribution is 2.31. The molecule has 1 aliphatic rings. The zero-order valence-corrected chi connectivity index (χ0v) is 17.0. The highest BCUT2D eigenvalue weighted by Gasteiger charge is 2.31. The molecular weight excluding hydrogens is 408 g/mol. The molecule has 9 nitrogen and oxygen atoms in total. The molecule has 3 N–H and O–H groups in total. The Morgan fingerprint density at radius 3 is 2.35 bits per heavy atom. The van der Waals surface area contributed by atoms with Crippen molar-refractivity contribution < 1.29 is 43.9 Å². The summed E-state index contributed by atoms with van der Waals surface area (Å²) in [5.74, 6) is -2.09. The molecule has 1 aromatic rings. The summed E-state index contributed by atoms with van der Waals surface area (Å²) in [6, 6.07) is 4.26. The van der Waals surface area contributed by atoms with Gasteiger partial charge in [-0.15, -0.1) is 0 Å². The second kappa shape index (κ2) is 12.0. The van der Waals surface area contributed by atoms with E-state index in [1.54, 1.807) is 12.2 Å². The number of ketones is 1. The lowest BCUT2D eigenvalue weighted by atomic mass is 9.95. The van der Waals surface area contributed by atoms with E-state index in [0.717, 1.165) is 6.08 Å². The number of phenols is 1. The van der Waals surface area contributed by atoms with Gasteiger partial charge < -0.3 is 34.3 Å². The van der Waals surface area contributed by atoms with Gasteiger partial charge in [0.1, 0.15) is 24.7 Å². The highest BCUT2D eigenvalue weighted by molar-refractivity contribution is 6.12. The van der Waals surface area contributed by atoms with Crippen LogP contribution in [-0.2, 0) is 19.0 Å². The average molecular weight is 434 g/mol. The number of phenolic OH excluding ortho intramolecular Hbond substituents is 1. The smallest absolute Gasteiger partial charge is 0.330 e. The maximum absolute atomic E-state index is 12.8. The fraction of sp³-hybridized carbons (Fsp3) is 0.364. The minimum absolute atomic E-state index is 0.0163. The molecule has 1 aromatic carbocycles. The quantitative estimate of drug-likeness (QED) is 0.138. The Kier molecular flexibility index (Phi) is 9.41. The van der Waals surface area contributed by atoms with Crippen molar-refractivity contribution >= 4 is 11.8 Å². The van der Waals surface area contributed by atoms with Crippen molar-refractivity contribution in [3.63, 3.8) is 0 Å². The first-order valence-electron chi connectivity index (χ1n) is 9.63. The Labute approximate surface area is 179 Å². The molecule has 0 saturated heterocycles. The summed E-state index contributed by atoms with van der Waals surface area (Å²) in [5.41, 5.74) is 0.414. The van der Waals surface area contributed by atoms with Crippen molar-refractivity contribution in [3.8, 4) is 11.5 Å². The van der Waals surface area contributed by atoms with Gasteiger partial charge in [-0.25, -0.2) is 4.79 Å². The van der Waals surface area contributed by atoms with Crippen LogP contribution in [0.2, 0.25) is 0 Å². The number of aliphatic hydroxyl groups excluding tert-OH is 2. The predicted octanol–water partition coefficient (Wildman–Crippen LogP) is 1.28. The second-order valence-electron chi connectivity index (χ2n) is 6.38. The van der Waals surface area contributed by atoms with Crippen molar-refractivity contribution in [2.24, 2.45) is 0 Å². The van der Waals surface area contributed by atoms with Crippen LogP contribution in [0.25, 0.3) is 0 Å². The number of carbonyl (C=O) groups excluding carboxylic acids is 2. The third-order valence-corrected chi connectivity index (χ3v) is 4.24. The number of aliphatic hydroxyl groups is 2. The van der Waals surface area contributed by atoms with E-state index in [-0.39, 0.29) is 57.4 Å². The second-order valence-corrected chi connectivity index (χ2v) is 6.38. The van der Waals surface area contributed by atoms with Crippen LogP contribution in [0.3, 0.4) is 0 Å². The van der Waals surface area contributed by atoms with Crippen molar-refractivity contribution in [2.75, 3.05) is 39.6 Å². The van der Waals surface area contributed by atoms with Gasteiger partial charge in [0, 0.05) is 24.1 Å². The molecule has 9 heteroatoms. The lowest BCUT2D eigenvalue weighted by Gasteiger charge is -2.32. The number of esters is 1. The Morgan fingerprint density at radius 2 is 1.81 bits per heavy atom. The first-order chi connectivity index (χ1) is 14.9. The number of allylic oxidation sites excluding steroid dienone is 2. The lowest BCUT2D eigenvalue weighted by Crippen LogP contribution is -2.37. The van der Waals surface area contributed by atoms with Gasteiger partial charge in [0.05, 0.1) is 32.0 Å². The van der Waals surface area contributed by atoms with Gasteiger partial charge in [-0.05, 0) is 18.2 Å². The van der Waals surface area contributed by atoms with Crippen LogP contribution in [0.15, 0.2) is 54.7 Å². The molecule has 0 atom stereocenters. The SMILES string of the molecule is C=CC(=O)OCCOc1ccc(C(=O)C2=CCC(OCCO)(OCCO)C=C2)c(O)c1. The molecule has 31 heavy (non-hydrogen) atoms. The van der Waals surface area contributed by atoms with Crippen molar-refractivity contribution in [1.82, 2.24) is 0 Å². The first-order valence-corrected chi connectivity index (χ1v) is 9.63. The van der Waals surface area contributed by atoms with E-state index in [9.17, 15) is 14.7 Å². The Bertz CT molecular complexity index is 833. The highest BCUT2D eigenvalue weighted by atomic mass is 16.7. The molecule has 0 spiro atoms. The van der Waals surface area contributed by atoms with Crippen LogP contribution in [0, 0.1) is 0 Å². The molecule has 0 saturated carbocycles. The summed E-state index contributed by atoms with van der Waals surface area (Å²) in [6.45, 7) is 3.03. The van der Waals surface area contributed by atoms with E-state index < -0.39 is 17.5 Å². The topological polar surface area (TPSA) is 132 Å². The van der Waals surface area contributed by atoms with Crippen LogP contribution >= 0.6 is 0 Å². The van der Waals surface area contributed by atoms with Gasteiger partial charge in [0.25, 0.3) is 0 Å². The molecule has 0 heterocycles. The average Bonchev–Trinajstić information content (AvgIpc) is 2.79. The van der Waals surface area contributed by atoms with Gasteiger partial charge in [0.15, 0.2) is 11.6 Å². The fourth-order valence-corrected chi connectivity index (χ4v) is 2.78. The van der Waals surface area contributed by atoms with Gasteiger partial charge >= 0.3 is 5.97 Å². The number of hydrogen-bond donors (Lipinski definition) is 3. The molecule has 0 amide bonds. The van der Waals surface area contributed by atoms with Crippen LogP contribution in [0.1, 0.15) is 16.8 Å². The first kappa shape index (κ1) is 24.3. The maximum Gasteiger partial charge on any atom is 0.330 e. The fourth-order valence-electron chi connectivity index (χ4n) is 2.78. The van der Waals surface area contributed by atoms with E-state index in [1.807, 2.05) is 0 Å². The monoisotopic (exact) mass is 434 g/mol. The van der Waals surface area contributed by atoms with Gasteiger partial charge in [0.2, 0.25) is 0 Å². The Balaban J connectivity index is 2.01. The molecule has 0 unspecified atom stereocenters. The number of Topliss-reactive ketones (excluding diaryl/α,β-unsaturated/α-hetero) is 1. The minimum atomic E-state index is -1.18. The standard InChI is InChI=1S/C22H26O9/c1-2-20(26)29-14-13-28-17-3-4-18(19(25)15-17)21(27)16-5-7-22(8-6-16,30-11-9-23)31-12-10-24/h2-7,15,23-25H,1,8-14H2. The van der Waals surface area contributed by atoms with E-state index in [4.69, 9.17) is 29.2 Å². The van der Waals surface area contributed by atoms with Crippen LogP contribution in [0.4, 0.5) is 0 Å². The molecule has 1 aliphatic carbocycles. The molecule has 0 fully saturated rings. The third-order valence-electron chi connectivity index (χ3n) is 4.24. The van der Waals surface area contributed by atoms with E-state index >= 15 is 0 Å². The maximum atomic E-state index is 12.8. The van der Waals surface area contributed by atoms with E-state index in [2.05, 4.69) is 6.58 Å². The number of rotatable bonds is 13. The normalized spacial score (nSPS) is 14.6. The number of hydrogen-bond acceptors (Lipinski definition) is 9. The minimum Gasteiger partial charge on any atom is -0.507 e. The van der Waals surface area contributed by atoms with Crippen molar-refractivity contribution in [1.29, 1.82) is 0 Å². The largest absolute Gasteiger partial charge is 0.507 e. The molecular formula is C22H26O9. The molecule has 0 bridgehead atoms. The molecule has 0 radical (unpaired) electrons. The molecule has 2 rings (SSSR count). The zero-order valence-electron chi connectivity index (χ0n) is 17.0. The van der Waals surface area contributed by atoms with Crippen molar-refractivity contribution in [3.05, 3.63) is 60.2 Å². The zero-order chi connectivity index (χ0) is 22.7. The number of aromatic hydroxyl groups is 1. The summed E-state index contributed by atoms with van der Waals surface area (Å²) in [6.07, 6.45) is 5.90. The van der Waals surface area contributed by atoms with Crippen LogP contribution in [0.5, 0.6) is 11.5 Å². The summed E-state index contributed by atoms with van der Waals surface area (Å²) in [7, 11) is 0. The Morgan fingerprint density at radius 1 is 1.10 bits per heavy atom. The summed E-state index contributed by atoms with van der Waals surface area (Å²) in [4.78, 5) is 23.8. The third kappa shape index (κ3) is 7.04. The lowest BCUT2D eigenvalue weighted by molar-refractivity contribution is -0.209. The molecule has 0 aliphatic heterocycles. The van der Waals surface area contributed by atoms with Crippen molar-refractivity contribution in [2.45, 2.75) is 12.2 Å². The number of carbonyl (C=O) groups is 2. The van der Waals surface area contributed by atoms with E-state index in [0.29, 0.717) is 11.3 Å².